The van der Waals surface area contributed by atoms with Gasteiger partial charge in [-0.15, -0.1) is 0 Å². The second-order valence-corrected chi connectivity index (χ2v) is 4.00. The van der Waals surface area contributed by atoms with Gasteiger partial charge < -0.3 is 5.11 Å². The second-order valence-electron chi connectivity index (χ2n) is 4.00. The first-order valence-corrected chi connectivity index (χ1v) is 4.55. The van der Waals surface area contributed by atoms with Crippen LogP contribution in [0, 0.1) is 17.8 Å². The lowest BCUT2D eigenvalue weighted by Crippen LogP contribution is -2.30. The number of hydrogen-bond acceptors (Lipinski definition) is 2. The van der Waals surface area contributed by atoms with Crippen molar-refractivity contribution in [2.45, 2.75) is 25.9 Å². The molecule has 2 aliphatic rings. The Labute approximate surface area is 72.3 Å². The first-order chi connectivity index (χ1) is 5.68. The average Bonchev–Trinajstić information content (AvgIpc) is 2.62. The molecule has 0 aromatic rings. The zero-order valence-corrected chi connectivity index (χ0v) is 7.23. The molecule has 0 amide bonds. The van der Waals surface area contributed by atoms with E-state index in [4.69, 9.17) is 0 Å². The Morgan fingerprint density at radius 2 is 2.25 bits per heavy atom. The molecule has 1 N–H and O–H groups in total. The van der Waals surface area contributed by atoms with Crippen molar-refractivity contribution in [2.75, 3.05) is 0 Å². The summed E-state index contributed by atoms with van der Waals surface area (Å²) in [6.07, 6.45) is 5.81. The number of aliphatic hydroxyl groups excluding tert-OH is 1. The Bertz CT molecular complexity index is 232. The summed E-state index contributed by atoms with van der Waals surface area (Å²) in [5, 5.41) is 9.56. The van der Waals surface area contributed by atoms with Crippen LogP contribution in [0.1, 0.15) is 19.8 Å². The van der Waals surface area contributed by atoms with E-state index in [2.05, 4.69) is 12.2 Å². The molecular formula is C10H14O2. The van der Waals surface area contributed by atoms with Gasteiger partial charge in [-0.25, -0.2) is 0 Å². The van der Waals surface area contributed by atoms with E-state index in [9.17, 15) is 9.90 Å². The van der Waals surface area contributed by atoms with E-state index in [0.29, 0.717) is 11.8 Å². The number of rotatable bonds is 2. The topological polar surface area (TPSA) is 37.3 Å². The standard InChI is InChI=1S/C10H14O2/c1-6(11)10(12)9-5-7-2-3-8(9)4-7/h2-3,7-10,12H,4-5H2,1H3. The largest absolute Gasteiger partial charge is 0.385 e. The number of hydrogen-bond donors (Lipinski definition) is 1. The number of fused-ring (bicyclic) bond motifs is 2. The predicted octanol–water partition coefficient (Wildman–Crippen LogP) is 1.15. The summed E-state index contributed by atoms with van der Waals surface area (Å²) >= 11 is 0. The summed E-state index contributed by atoms with van der Waals surface area (Å²) in [5.41, 5.74) is 0. The lowest BCUT2D eigenvalue weighted by molar-refractivity contribution is -0.128. The summed E-state index contributed by atoms with van der Waals surface area (Å²) in [7, 11) is 0. The second kappa shape index (κ2) is 2.70. The highest BCUT2D eigenvalue weighted by Crippen LogP contribution is 2.44. The van der Waals surface area contributed by atoms with Crippen molar-refractivity contribution < 1.29 is 9.90 Å². The van der Waals surface area contributed by atoms with Crippen LogP contribution < -0.4 is 0 Å². The molecule has 0 spiro atoms. The molecule has 0 aromatic carbocycles. The molecule has 66 valence electrons. The summed E-state index contributed by atoms with van der Waals surface area (Å²) < 4.78 is 0. The van der Waals surface area contributed by atoms with Crippen LogP contribution in [0.15, 0.2) is 12.2 Å². The maximum Gasteiger partial charge on any atom is 0.158 e. The van der Waals surface area contributed by atoms with E-state index in [1.165, 1.54) is 6.92 Å². The lowest BCUT2D eigenvalue weighted by atomic mass is 9.87. The lowest BCUT2D eigenvalue weighted by Gasteiger charge is -2.21. The quantitative estimate of drug-likeness (QED) is 0.625. The molecule has 2 aliphatic carbocycles. The van der Waals surface area contributed by atoms with Crippen molar-refractivity contribution in [3.05, 3.63) is 12.2 Å². The molecular weight excluding hydrogens is 152 g/mol. The van der Waals surface area contributed by atoms with Gasteiger partial charge in [-0.05, 0) is 37.5 Å². The Hall–Kier alpha value is -0.630. The Kier molecular flexibility index (Phi) is 1.80. The highest BCUT2D eigenvalue weighted by atomic mass is 16.3. The van der Waals surface area contributed by atoms with Crippen molar-refractivity contribution in [2.24, 2.45) is 17.8 Å². The van der Waals surface area contributed by atoms with Crippen molar-refractivity contribution in [1.82, 2.24) is 0 Å². The van der Waals surface area contributed by atoms with Gasteiger partial charge in [0, 0.05) is 0 Å². The van der Waals surface area contributed by atoms with Crippen LogP contribution in [-0.2, 0) is 4.79 Å². The maximum atomic E-state index is 10.9. The normalized spacial score (nSPS) is 40.3. The third-order valence-electron chi connectivity index (χ3n) is 3.15. The zero-order valence-electron chi connectivity index (χ0n) is 7.23. The van der Waals surface area contributed by atoms with E-state index in [-0.39, 0.29) is 11.7 Å². The van der Waals surface area contributed by atoms with Gasteiger partial charge in [-0.2, -0.15) is 0 Å². The van der Waals surface area contributed by atoms with Gasteiger partial charge in [-0.1, -0.05) is 12.2 Å². The van der Waals surface area contributed by atoms with Crippen molar-refractivity contribution >= 4 is 5.78 Å². The Morgan fingerprint density at radius 1 is 1.50 bits per heavy atom. The van der Waals surface area contributed by atoms with Crippen molar-refractivity contribution in [1.29, 1.82) is 0 Å². The molecule has 0 aromatic heterocycles. The monoisotopic (exact) mass is 166 g/mol. The van der Waals surface area contributed by atoms with E-state index < -0.39 is 6.10 Å². The number of carbonyl (C=O) groups is 1. The third kappa shape index (κ3) is 1.11. The highest BCUT2D eigenvalue weighted by Gasteiger charge is 2.40. The van der Waals surface area contributed by atoms with Gasteiger partial charge in [0.25, 0.3) is 0 Å². The smallest absolute Gasteiger partial charge is 0.158 e. The predicted molar refractivity (Wildman–Crippen MR) is 45.5 cm³/mol. The van der Waals surface area contributed by atoms with Gasteiger partial charge in [-0.3, -0.25) is 4.79 Å². The van der Waals surface area contributed by atoms with Crippen LogP contribution in [0.5, 0.6) is 0 Å². The maximum absolute atomic E-state index is 10.9. The summed E-state index contributed by atoms with van der Waals surface area (Å²) in [6.45, 7) is 1.47. The number of carbonyl (C=O) groups excluding carboxylic acids is 1. The summed E-state index contributed by atoms with van der Waals surface area (Å²) in [5.74, 6) is 1.22. The molecule has 0 aliphatic heterocycles. The van der Waals surface area contributed by atoms with E-state index in [0.717, 1.165) is 12.8 Å². The summed E-state index contributed by atoms with van der Waals surface area (Å²) in [6, 6.07) is 0. The average molecular weight is 166 g/mol. The van der Waals surface area contributed by atoms with Crippen molar-refractivity contribution in [3.63, 3.8) is 0 Å². The number of allylic oxidation sites excluding steroid dienone is 2. The van der Waals surface area contributed by atoms with Crippen LogP contribution in [0.25, 0.3) is 0 Å². The Morgan fingerprint density at radius 3 is 2.67 bits per heavy atom. The van der Waals surface area contributed by atoms with Crippen LogP contribution in [-0.4, -0.2) is 17.0 Å². The van der Waals surface area contributed by atoms with Crippen molar-refractivity contribution in [3.8, 4) is 0 Å². The summed E-state index contributed by atoms with van der Waals surface area (Å²) in [4.78, 5) is 10.9. The van der Waals surface area contributed by atoms with E-state index in [1.54, 1.807) is 0 Å². The fourth-order valence-corrected chi connectivity index (χ4v) is 2.49. The minimum absolute atomic E-state index is 0.0825. The molecule has 4 unspecified atom stereocenters. The fraction of sp³-hybridized carbons (Fsp3) is 0.700. The van der Waals surface area contributed by atoms with Gasteiger partial charge in [0.2, 0.25) is 0 Å². The Balaban J connectivity index is 2.07. The van der Waals surface area contributed by atoms with Gasteiger partial charge >= 0.3 is 0 Å². The molecule has 0 radical (unpaired) electrons. The first-order valence-electron chi connectivity index (χ1n) is 4.55. The SMILES string of the molecule is CC(=O)C(O)C1CC2C=CC1C2. The molecule has 4 atom stereocenters. The molecule has 2 bridgehead atoms. The molecule has 2 rings (SSSR count). The van der Waals surface area contributed by atoms with Crippen LogP contribution >= 0.6 is 0 Å². The third-order valence-corrected chi connectivity index (χ3v) is 3.15. The number of ketones is 1. The van der Waals surface area contributed by atoms with Gasteiger partial charge in [0.15, 0.2) is 5.78 Å². The molecule has 12 heavy (non-hydrogen) atoms. The molecule has 2 heteroatoms. The first kappa shape index (κ1) is 7.99. The van der Waals surface area contributed by atoms with E-state index in [1.807, 2.05) is 0 Å². The zero-order chi connectivity index (χ0) is 8.72. The minimum Gasteiger partial charge on any atom is -0.385 e. The van der Waals surface area contributed by atoms with E-state index >= 15 is 0 Å². The number of aliphatic hydroxyl groups is 1. The van der Waals surface area contributed by atoms with Crippen LogP contribution in [0.3, 0.4) is 0 Å². The highest BCUT2D eigenvalue weighted by molar-refractivity contribution is 5.80. The minimum atomic E-state index is -0.718. The van der Waals surface area contributed by atoms with Gasteiger partial charge in [0.1, 0.15) is 6.10 Å². The number of Topliss-reactive ketones (excluding diaryl/α,β-unsaturated/α-hetero) is 1. The molecule has 0 heterocycles. The molecule has 1 fully saturated rings. The van der Waals surface area contributed by atoms with Crippen LogP contribution in [0.2, 0.25) is 0 Å². The molecule has 1 saturated carbocycles. The molecule has 2 nitrogen and oxygen atoms in total. The van der Waals surface area contributed by atoms with Crippen LogP contribution in [0.4, 0.5) is 0 Å². The molecule has 0 saturated heterocycles. The van der Waals surface area contributed by atoms with Gasteiger partial charge in [0.05, 0.1) is 0 Å². The fourth-order valence-electron chi connectivity index (χ4n) is 2.49.